The highest BCUT2D eigenvalue weighted by Crippen LogP contribution is 2.40. The van der Waals surface area contributed by atoms with Gasteiger partial charge in [-0.3, -0.25) is 4.57 Å². The number of imidazole rings is 1. The van der Waals surface area contributed by atoms with E-state index in [1.165, 1.54) is 24.2 Å². The highest BCUT2D eigenvalue weighted by molar-refractivity contribution is 7.98. The van der Waals surface area contributed by atoms with Crippen molar-refractivity contribution in [3.8, 4) is 5.69 Å². The quantitative estimate of drug-likeness (QED) is 0.632. The number of aromatic nitrogens is 5. The van der Waals surface area contributed by atoms with Gasteiger partial charge in [0.2, 0.25) is 5.16 Å². The summed E-state index contributed by atoms with van der Waals surface area (Å²) in [5.41, 5.74) is 0.966. The molecule has 0 bridgehead atoms. The van der Waals surface area contributed by atoms with Crippen molar-refractivity contribution in [1.82, 2.24) is 24.3 Å². The molecule has 2 heterocycles. The lowest BCUT2D eigenvalue weighted by molar-refractivity contribution is 0.0678. The van der Waals surface area contributed by atoms with E-state index in [-0.39, 0.29) is 0 Å². The molecular weight excluding hydrogens is 332 g/mol. The van der Waals surface area contributed by atoms with Crippen LogP contribution in [-0.2, 0) is 5.75 Å². The van der Waals surface area contributed by atoms with E-state index in [1.54, 1.807) is 0 Å². The first-order valence-corrected chi connectivity index (χ1v) is 8.66. The van der Waals surface area contributed by atoms with Crippen molar-refractivity contribution < 1.29 is 8.78 Å². The van der Waals surface area contributed by atoms with E-state index in [0.717, 1.165) is 28.9 Å². The summed E-state index contributed by atoms with van der Waals surface area (Å²) >= 11 is 1.32. The number of halogens is 2. The molecule has 124 valence electrons. The Balaban J connectivity index is 1.57. The average molecular weight is 347 g/mol. The second kappa shape index (κ2) is 6.35. The zero-order chi connectivity index (χ0) is 16.5. The first-order chi connectivity index (χ1) is 11.7. The van der Waals surface area contributed by atoms with Crippen LogP contribution in [0.25, 0.3) is 5.69 Å². The van der Waals surface area contributed by atoms with Crippen molar-refractivity contribution in [2.24, 2.45) is 0 Å². The number of hydrogen-bond acceptors (Lipinski definition) is 4. The smallest absolute Gasteiger partial charge is 0.277 e. The molecule has 0 spiro atoms. The van der Waals surface area contributed by atoms with Crippen LogP contribution in [-0.4, -0.2) is 24.3 Å². The Morgan fingerprint density at radius 3 is 2.71 bits per heavy atom. The van der Waals surface area contributed by atoms with Crippen LogP contribution in [0.4, 0.5) is 8.78 Å². The molecule has 0 saturated heterocycles. The Hall–Kier alpha value is -2.22. The summed E-state index contributed by atoms with van der Waals surface area (Å²) in [6.45, 7) is -2.58. The predicted octanol–water partition coefficient (Wildman–Crippen LogP) is 4.03. The van der Waals surface area contributed by atoms with Crippen LogP contribution < -0.4 is 0 Å². The molecule has 1 aromatic carbocycles. The summed E-state index contributed by atoms with van der Waals surface area (Å²) in [6.07, 6.45) is 4.90. The lowest BCUT2D eigenvalue weighted by atomic mass is 10.3. The van der Waals surface area contributed by atoms with Gasteiger partial charge in [-0.2, -0.15) is 8.78 Å². The van der Waals surface area contributed by atoms with Crippen molar-refractivity contribution >= 4 is 11.8 Å². The average Bonchev–Trinajstić information content (AvgIpc) is 3.18. The highest BCUT2D eigenvalue weighted by atomic mass is 32.2. The number of benzene rings is 1. The molecule has 0 unspecified atom stereocenters. The lowest BCUT2D eigenvalue weighted by Crippen LogP contribution is -2.02. The Labute approximate surface area is 141 Å². The number of para-hydroxylation sites is 1. The fourth-order valence-corrected chi connectivity index (χ4v) is 3.27. The SMILES string of the molecule is FC(F)n1ccnc1CSc1nc(C2CC2)n(-c2ccccc2)n1. The van der Waals surface area contributed by atoms with Crippen LogP contribution in [0, 0.1) is 0 Å². The van der Waals surface area contributed by atoms with E-state index in [9.17, 15) is 8.78 Å². The highest BCUT2D eigenvalue weighted by Gasteiger charge is 2.30. The lowest BCUT2D eigenvalue weighted by Gasteiger charge is -2.04. The third-order valence-corrected chi connectivity index (χ3v) is 4.68. The zero-order valence-corrected chi connectivity index (χ0v) is 13.5. The maximum absolute atomic E-state index is 12.9. The van der Waals surface area contributed by atoms with Gasteiger partial charge in [-0.25, -0.2) is 14.6 Å². The van der Waals surface area contributed by atoms with Crippen molar-refractivity contribution in [1.29, 1.82) is 0 Å². The Morgan fingerprint density at radius 2 is 2.00 bits per heavy atom. The van der Waals surface area contributed by atoms with Gasteiger partial charge in [0, 0.05) is 18.3 Å². The van der Waals surface area contributed by atoms with Gasteiger partial charge in [0.25, 0.3) is 0 Å². The van der Waals surface area contributed by atoms with Gasteiger partial charge in [0.15, 0.2) is 0 Å². The summed E-state index contributed by atoms with van der Waals surface area (Å²) in [4.78, 5) is 8.60. The second-order valence-electron chi connectivity index (χ2n) is 5.59. The molecule has 0 N–H and O–H groups in total. The van der Waals surface area contributed by atoms with Crippen LogP contribution in [0.5, 0.6) is 0 Å². The summed E-state index contributed by atoms with van der Waals surface area (Å²) in [6, 6.07) is 9.84. The standard InChI is InChI=1S/C16H15F2N5S/c17-15(18)22-9-8-19-13(22)10-24-16-20-14(11-6-7-11)23(21-16)12-4-2-1-3-5-12/h1-5,8-9,11,15H,6-7,10H2. The maximum atomic E-state index is 12.9. The first kappa shape index (κ1) is 15.3. The van der Waals surface area contributed by atoms with E-state index >= 15 is 0 Å². The second-order valence-corrected chi connectivity index (χ2v) is 6.53. The van der Waals surface area contributed by atoms with E-state index in [0.29, 0.717) is 22.7 Å². The number of nitrogens with zero attached hydrogens (tertiary/aromatic N) is 5. The van der Waals surface area contributed by atoms with E-state index in [4.69, 9.17) is 0 Å². The van der Waals surface area contributed by atoms with Gasteiger partial charge in [-0.1, -0.05) is 30.0 Å². The Bertz CT molecular complexity index is 826. The van der Waals surface area contributed by atoms with Crippen molar-refractivity contribution in [3.05, 3.63) is 54.4 Å². The summed E-state index contributed by atoms with van der Waals surface area (Å²) in [5, 5.41) is 5.15. The topological polar surface area (TPSA) is 48.5 Å². The molecule has 24 heavy (non-hydrogen) atoms. The molecule has 2 aromatic heterocycles. The molecule has 4 rings (SSSR count). The number of rotatable bonds is 6. The monoisotopic (exact) mass is 347 g/mol. The minimum Gasteiger partial charge on any atom is -0.277 e. The maximum Gasteiger partial charge on any atom is 0.319 e. The third kappa shape index (κ3) is 3.06. The molecule has 1 saturated carbocycles. The van der Waals surface area contributed by atoms with E-state index in [2.05, 4.69) is 15.1 Å². The zero-order valence-electron chi connectivity index (χ0n) is 12.7. The normalized spacial score (nSPS) is 14.5. The van der Waals surface area contributed by atoms with Gasteiger partial charge in [0.05, 0.1) is 11.4 Å². The van der Waals surface area contributed by atoms with Gasteiger partial charge < -0.3 is 0 Å². The van der Waals surface area contributed by atoms with E-state index in [1.807, 2.05) is 35.0 Å². The van der Waals surface area contributed by atoms with Crippen LogP contribution in [0.2, 0.25) is 0 Å². The molecule has 0 atom stereocenters. The molecule has 1 aliphatic rings. The van der Waals surface area contributed by atoms with Crippen LogP contribution in [0.1, 0.15) is 37.0 Å². The summed E-state index contributed by atoms with van der Waals surface area (Å²) in [7, 11) is 0. The molecule has 5 nitrogen and oxygen atoms in total. The number of thioether (sulfide) groups is 1. The molecule has 0 aliphatic heterocycles. The summed E-state index contributed by atoms with van der Waals surface area (Å²) < 4.78 is 28.5. The van der Waals surface area contributed by atoms with Crippen molar-refractivity contribution in [2.75, 3.05) is 0 Å². The van der Waals surface area contributed by atoms with Crippen LogP contribution in [0.3, 0.4) is 0 Å². The third-order valence-electron chi connectivity index (χ3n) is 3.85. The summed E-state index contributed by atoms with van der Waals surface area (Å²) in [5.74, 6) is 2.01. The molecule has 1 aliphatic carbocycles. The minimum atomic E-state index is -2.58. The van der Waals surface area contributed by atoms with Gasteiger partial charge >= 0.3 is 6.55 Å². The number of hydrogen-bond donors (Lipinski definition) is 0. The Kier molecular flexibility index (Phi) is 4.05. The molecule has 3 aromatic rings. The van der Waals surface area contributed by atoms with Crippen LogP contribution >= 0.6 is 11.8 Å². The fraction of sp³-hybridized carbons (Fsp3) is 0.312. The van der Waals surface area contributed by atoms with Gasteiger partial charge in [-0.05, 0) is 25.0 Å². The number of alkyl halides is 2. The fourth-order valence-electron chi connectivity index (χ4n) is 2.49. The molecule has 0 amide bonds. The van der Waals surface area contributed by atoms with Gasteiger partial charge in [-0.15, -0.1) is 5.10 Å². The van der Waals surface area contributed by atoms with E-state index < -0.39 is 6.55 Å². The molecule has 0 radical (unpaired) electrons. The minimum absolute atomic E-state index is 0.306. The predicted molar refractivity (Wildman–Crippen MR) is 86.4 cm³/mol. The van der Waals surface area contributed by atoms with Crippen LogP contribution in [0.15, 0.2) is 47.9 Å². The largest absolute Gasteiger partial charge is 0.319 e. The van der Waals surface area contributed by atoms with Gasteiger partial charge in [0.1, 0.15) is 11.6 Å². The molecular formula is C16H15F2N5S. The van der Waals surface area contributed by atoms with Crippen molar-refractivity contribution in [2.45, 2.75) is 36.2 Å². The first-order valence-electron chi connectivity index (χ1n) is 7.67. The molecule has 1 fully saturated rings. The van der Waals surface area contributed by atoms with Crippen molar-refractivity contribution in [3.63, 3.8) is 0 Å². The Morgan fingerprint density at radius 1 is 1.21 bits per heavy atom. The molecule has 8 heteroatoms.